The molecule has 4 heteroatoms. The molecule has 2 saturated heterocycles. The van der Waals surface area contributed by atoms with Crippen molar-refractivity contribution in [2.24, 2.45) is 5.92 Å². The molecule has 4 nitrogen and oxygen atoms in total. The summed E-state index contributed by atoms with van der Waals surface area (Å²) in [6, 6.07) is 0. The SMILES string of the molecule is CO[C@@]12CNCC[C@@H]1C(=O)N(C)C2. The molecule has 74 valence electrons. The molecule has 0 unspecified atom stereocenters. The van der Waals surface area contributed by atoms with Crippen LogP contribution in [0.2, 0.25) is 0 Å². The average Bonchev–Trinajstić information content (AvgIpc) is 2.41. The van der Waals surface area contributed by atoms with Crippen LogP contribution in [0.5, 0.6) is 0 Å². The Kier molecular flexibility index (Phi) is 2.04. The van der Waals surface area contributed by atoms with E-state index < -0.39 is 0 Å². The molecule has 2 fully saturated rings. The number of hydrogen-bond acceptors (Lipinski definition) is 3. The topological polar surface area (TPSA) is 41.6 Å². The molecular formula is C9H16N2O2. The molecule has 0 radical (unpaired) electrons. The van der Waals surface area contributed by atoms with E-state index in [2.05, 4.69) is 5.32 Å². The van der Waals surface area contributed by atoms with Gasteiger partial charge in [-0.25, -0.2) is 0 Å². The van der Waals surface area contributed by atoms with Gasteiger partial charge in [-0.2, -0.15) is 0 Å². The Morgan fingerprint density at radius 3 is 3.08 bits per heavy atom. The lowest BCUT2D eigenvalue weighted by Gasteiger charge is -2.36. The number of methoxy groups -OCH3 is 1. The normalized spacial score (nSPS) is 39.4. The second-order valence-corrected chi connectivity index (χ2v) is 3.98. The van der Waals surface area contributed by atoms with E-state index in [0.717, 1.165) is 26.1 Å². The number of fused-ring (bicyclic) bond motifs is 1. The van der Waals surface area contributed by atoms with Crippen molar-refractivity contribution < 1.29 is 9.53 Å². The van der Waals surface area contributed by atoms with Gasteiger partial charge in [0, 0.05) is 20.7 Å². The highest BCUT2D eigenvalue weighted by atomic mass is 16.5. The minimum Gasteiger partial charge on any atom is -0.374 e. The Hall–Kier alpha value is -0.610. The summed E-state index contributed by atoms with van der Waals surface area (Å²) >= 11 is 0. The summed E-state index contributed by atoms with van der Waals surface area (Å²) in [7, 11) is 3.55. The predicted molar refractivity (Wildman–Crippen MR) is 48.4 cm³/mol. The highest BCUT2D eigenvalue weighted by molar-refractivity contribution is 5.83. The van der Waals surface area contributed by atoms with E-state index in [1.165, 1.54) is 0 Å². The number of nitrogens with one attached hydrogen (secondary N) is 1. The zero-order chi connectivity index (χ0) is 9.47. The highest BCUT2D eigenvalue weighted by Crippen LogP contribution is 2.34. The molecule has 0 aromatic heterocycles. The molecule has 13 heavy (non-hydrogen) atoms. The Bertz CT molecular complexity index is 232. The lowest BCUT2D eigenvalue weighted by molar-refractivity contribution is -0.133. The zero-order valence-electron chi connectivity index (χ0n) is 8.17. The molecule has 0 spiro atoms. The van der Waals surface area contributed by atoms with Crippen LogP contribution >= 0.6 is 0 Å². The summed E-state index contributed by atoms with van der Waals surface area (Å²) in [5.41, 5.74) is -0.260. The average molecular weight is 184 g/mol. The Labute approximate surface area is 78.2 Å². The van der Waals surface area contributed by atoms with Crippen molar-refractivity contribution in [1.82, 2.24) is 10.2 Å². The minimum atomic E-state index is -0.260. The van der Waals surface area contributed by atoms with Crippen LogP contribution in [0.1, 0.15) is 6.42 Å². The molecule has 1 N–H and O–H groups in total. The summed E-state index contributed by atoms with van der Waals surface area (Å²) in [6.07, 6.45) is 0.900. The first-order valence-corrected chi connectivity index (χ1v) is 4.70. The number of rotatable bonds is 1. The maximum Gasteiger partial charge on any atom is 0.228 e. The van der Waals surface area contributed by atoms with Crippen LogP contribution in [0.15, 0.2) is 0 Å². The van der Waals surface area contributed by atoms with Gasteiger partial charge in [0.15, 0.2) is 0 Å². The van der Waals surface area contributed by atoms with E-state index in [1.54, 1.807) is 12.0 Å². The number of piperidine rings is 1. The lowest BCUT2D eigenvalue weighted by atomic mass is 9.84. The van der Waals surface area contributed by atoms with Crippen molar-refractivity contribution in [3.05, 3.63) is 0 Å². The lowest BCUT2D eigenvalue weighted by Crippen LogP contribution is -2.53. The largest absolute Gasteiger partial charge is 0.374 e. The molecule has 0 bridgehead atoms. The summed E-state index contributed by atoms with van der Waals surface area (Å²) in [5.74, 6) is 0.312. The standard InChI is InChI=1S/C9H16N2O2/c1-11-6-9(13-2)5-10-4-3-7(9)8(11)12/h7,10H,3-6H2,1-2H3/t7-,9-/m1/s1. The number of amides is 1. The van der Waals surface area contributed by atoms with Gasteiger partial charge < -0.3 is 15.0 Å². The molecular weight excluding hydrogens is 168 g/mol. The molecule has 1 amide bonds. The van der Waals surface area contributed by atoms with E-state index in [9.17, 15) is 4.79 Å². The van der Waals surface area contributed by atoms with Crippen LogP contribution in [0.4, 0.5) is 0 Å². The van der Waals surface area contributed by atoms with Crippen molar-refractivity contribution in [3.8, 4) is 0 Å². The van der Waals surface area contributed by atoms with Crippen LogP contribution in [-0.2, 0) is 9.53 Å². The zero-order valence-corrected chi connectivity index (χ0v) is 8.17. The Balaban J connectivity index is 2.26. The van der Waals surface area contributed by atoms with Gasteiger partial charge >= 0.3 is 0 Å². The fraction of sp³-hybridized carbons (Fsp3) is 0.889. The molecule has 0 saturated carbocycles. The quantitative estimate of drug-likeness (QED) is 0.594. The molecule has 2 aliphatic heterocycles. The Morgan fingerprint density at radius 2 is 2.46 bits per heavy atom. The molecule has 2 rings (SSSR count). The van der Waals surface area contributed by atoms with E-state index in [1.807, 2.05) is 7.05 Å². The second-order valence-electron chi connectivity index (χ2n) is 3.98. The molecule has 0 aromatic rings. The number of likely N-dealkylation sites (N-methyl/N-ethyl adjacent to an activating group) is 1. The fourth-order valence-electron chi connectivity index (χ4n) is 2.47. The third-order valence-corrected chi connectivity index (χ3v) is 3.25. The number of carbonyl (C=O) groups excluding carboxylic acids is 1. The third kappa shape index (κ3) is 1.16. The van der Waals surface area contributed by atoms with Gasteiger partial charge in [0.25, 0.3) is 0 Å². The van der Waals surface area contributed by atoms with Crippen LogP contribution in [0.25, 0.3) is 0 Å². The number of hydrogen-bond donors (Lipinski definition) is 1. The van der Waals surface area contributed by atoms with Crippen LogP contribution in [-0.4, -0.2) is 50.2 Å². The molecule has 0 aromatic carbocycles. The first-order valence-electron chi connectivity index (χ1n) is 4.70. The molecule has 0 aliphatic carbocycles. The van der Waals surface area contributed by atoms with Gasteiger partial charge in [-0.15, -0.1) is 0 Å². The van der Waals surface area contributed by atoms with Gasteiger partial charge in [0.2, 0.25) is 5.91 Å². The molecule has 2 atom stereocenters. The monoisotopic (exact) mass is 184 g/mol. The smallest absolute Gasteiger partial charge is 0.228 e. The van der Waals surface area contributed by atoms with Gasteiger partial charge in [-0.3, -0.25) is 4.79 Å². The third-order valence-electron chi connectivity index (χ3n) is 3.25. The summed E-state index contributed by atoms with van der Waals surface area (Å²) < 4.78 is 5.52. The Morgan fingerprint density at radius 1 is 1.69 bits per heavy atom. The minimum absolute atomic E-state index is 0.0729. The molecule has 2 aliphatic rings. The van der Waals surface area contributed by atoms with Crippen molar-refractivity contribution in [2.45, 2.75) is 12.0 Å². The number of ether oxygens (including phenoxy) is 1. The van der Waals surface area contributed by atoms with Crippen molar-refractivity contribution in [2.75, 3.05) is 33.8 Å². The van der Waals surface area contributed by atoms with E-state index in [0.29, 0.717) is 0 Å². The van der Waals surface area contributed by atoms with Gasteiger partial charge in [-0.1, -0.05) is 0 Å². The number of nitrogens with zero attached hydrogens (tertiary/aromatic N) is 1. The van der Waals surface area contributed by atoms with Crippen LogP contribution in [0, 0.1) is 5.92 Å². The molecule has 2 heterocycles. The van der Waals surface area contributed by atoms with E-state index in [4.69, 9.17) is 4.74 Å². The van der Waals surface area contributed by atoms with E-state index >= 15 is 0 Å². The summed E-state index contributed by atoms with van der Waals surface area (Å²) in [4.78, 5) is 13.5. The van der Waals surface area contributed by atoms with Crippen molar-refractivity contribution >= 4 is 5.91 Å². The predicted octanol–water partition coefficient (Wildman–Crippen LogP) is -0.547. The van der Waals surface area contributed by atoms with Gasteiger partial charge in [0.1, 0.15) is 5.60 Å². The van der Waals surface area contributed by atoms with Gasteiger partial charge in [-0.05, 0) is 13.0 Å². The van der Waals surface area contributed by atoms with Crippen molar-refractivity contribution in [1.29, 1.82) is 0 Å². The fourth-order valence-corrected chi connectivity index (χ4v) is 2.47. The van der Waals surface area contributed by atoms with E-state index in [-0.39, 0.29) is 17.4 Å². The number of carbonyl (C=O) groups is 1. The first kappa shape index (κ1) is 8.97. The maximum atomic E-state index is 11.7. The van der Waals surface area contributed by atoms with Crippen molar-refractivity contribution in [3.63, 3.8) is 0 Å². The first-order chi connectivity index (χ1) is 6.19. The van der Waals surface area contributed by atoms with Crippen LogP contribution in [0.3, 0.4) is 0 Å². The second kappa shape index (κ2) is 2.96. The number of likely N-dealkylation sites (tertiary alicyclic amines) is 1. The van der Waals surface area contributed by atoms with Gasteiger partial charge in [0.05, 0.1) is 12.5 Å². The van der Waals surface area contributed by atoms with Crippen LogP contribution < -0.4 is 5.32 Å². The highest BCUT2D eigenvalue weighted by Gasteiger charge is 2.52. The maximum absolute atomic E-state index is 11.7. The summed E-state index contributed by atoms with van der Waals surface area (Å²) in [6.45, 7) is 2.44. The summed E-state index contributed by atoms with van der Waals surface area (Å²) in [5, 5.41) is 3.29.